The van der Waals surface area contributed by atoms with Gasteiger partial charge < -0.3 is 20.0 Å². The summed E-state index contributed by atoms with van der Waals surface area (Å²) in [5.74, 6) is -0.0835. The van der Waals surface area contributed by atoms with Crippen molar-refractivity contribution in [3.63, 3.8) is 0 Å². The van der Waals surface area contributed by atoms with Crippen molar-refractivity contribution in [2.24, 2.45) is 0 Å². The van der Waals surface area contributed by atoms with Crippen molar-refractivity contribution in [1.82, 2.24) is 20.0 Å². The molecule has 1 N–H and O–H groups in total. The van der Waals surface area contributed by atoms with Crippen LogP contribution in [0.3, 0.4) is 0 Å². The van der Waals surface area contributed by atoms with Crippen LogP contribution < -0.4 is 10.2 Å². The number of benzene rings is 2. The zero-order valence-corrected chi connectivity index (χ0v) is 17.6. The van der Waals surface area contributed by atoms with E-state index in [4.69, 9.17) is 0 Å². The molecule has 0 bridgehead atoms. The standard InChI is InChI=1S/C24H24N6O2/c31-23(22-6-3-11-25-27-22)29-14-12-28(13-15-29)21-9-7-20(8-10-21)26-24(32)30-16-18-4-1-2-5-19(18)17-30/h1-11H,12-17H2,(H,26,32). The topological polar surface area (TPSA) is 81.7 Å². The number of carbonyl (C=O) groups excluding carboxylic acids is 2. The number of anilines is 2. The highest BCUT2D eigenvalue weighted by atomic mass is 16.2. The van der Waals surface area contributed by atoms with Gasteiger partial charge in [-0.05, 0) is 47.5 Å². The van der Waals surface area contributed by atoms with E-state index in [1.54, 1.807) is 18.3 Å². The van der Waals surface area contributed by atoms with E-state index >= 15 is 0 Å². The van der Waals surface area contributed by atoms with Crippen molar-refractivity contribution in [2.75, 3.05) is 36.4 Å². The summed E-state index contributed by atoms with van der Waals surface area (Å²) in [6, 6.07) is 19.3. The lowest BCUT2D eigenvalue weighted by atomic mass is 10.1. The number of nitrogens with one attached hydrogen (secondary N) is 1. The number of urea groups is 1. The number of piperazine rings is 1. The second kappa shape index (κ2) is 8.66. The number of fused-ring (bicyclic) bond motifs is 1. The molecule has 0 spiro atoms. The normalized spacial score (nSPS) is 15.4. The number of amides is 3. The molecule has 162 valence electrons. The summed E-state index contributed by atoms with van der Waals surface area (Å²) in [7, 11) is 0. The molecule has 2 aliphatic rings. The van der Waals surface area contributed by atoms with Gasteiger partial charge in [0.25, 0.3) is 5.91 Å². The third-order valence-electron chi connectivity index (χ3n) is 5.97. The molecule has 0 radical (unpaired) electrons. The minimum absolute atomic E-state index is 0.0835. The van der Waals surface area contributed by atoms with Gasteiger partial charge in [0.15, 0.2) is 5.69 Å². The molecule has 3 amide bonds. The molecule has 32 heavy (non-hydrogen) atoms. The molecule has 3 aromatic rings. The van der Waals surface area contributed by atoms with Crippen molar-refractivity contribution in [1.29, 1.82) is 0 Å². The van der Waals surface area contributed by atoms with Gasteiger partial charge in [0, 0.05) is 56.8 Å². The fourth-order valence-electron chi connectivity index (χ4n) is 4.18. The van der Waals surface area contributed by atoms with Crippen molar-refractivity contribution in [3.8, 4) is 0 Å². The Bertz CT molecular complexity index is 1090. The Morgan fingerprint density at radius 3 is 2.09 bits per heavy atom. The first-order valence-corrected chi connectivity index (χ1v) is 10.7. The summed E-state index contributed by atoms with van der Waals surface area (Å²) in [4.78, 5) is 31.0. The van der Waals surface area contributed by atoms with Crippen molar-refractivity contribution in [2.45, 2.75) is 13.1 Å². The van der Waals surface area contributed by atoms with E-state index in [9.17, 15) is 9.59 Å². The lowest BCUT2D eigenvalue weighted by Crippen LogP contribution is -2.49. The Kier molecular flexibility index (Phi) is 5.41. The first-order valence-electron chi connectivity index (χ1n) is 10.7. The van der Waals surface area contributed by atoms with Crippen LogP contribution >= 0.6 is 0 Å². The van der Waals surface area contributed by atoms with Gasteiger partial charge in [0.05, 0.1) is 0 Å². The zero-order chi connectivity index (χ0) is 21.9. The second-order valence-electron chi connectivity index (χ2n) is 7.99. The fraction of sp³-hybridized carbons (Fsp3) is 0.250. The largest absolute Gasteiger partial charge is 0.368 e. The summed E-state index contributed by atoms with van der Waals surface area (Å²) in [5.41, 5.74) is 4.63. The van der Waals surface area contributed by atoms with Crippen LogP contribution in [0.25, 0.3) is 0 Å². The molecular formula is C24H24N6O2. The Morgan fingerprint density at radius 1 is 0.781 bits per heavy atom. The smallest absolute Gasteiger partial charge is 0.322 e. The highest BCUT2D eigenvalue weighted by Gasteiger charge is 2.24. The van der Waals surface area contributed by atoms with Crippen LogP contribution in [-0.4, -0.2) is 58.1 Å². The summed E-state index contributed by atoms with van der Waals surface area (Å²) in [5, 5.41) is 10.7. The molecule has 1 fully saturated rings. The lowest BCUT2D eigenvalue weighted by Gasteiger charge is -2.36. The number of nitrogens with zero attached hydrogens (tertiary/aromatic N) is 5. The maximum atomic E-state index is 12.6. The van der Waals surface area contributed by atoms with Crippen molar-refractivity contribution in [3.05, 3.63) is 83.7 Å². The Morgan fingerprint density at radius 2 is 1.47 bits per heavy atom. The molecule has 3 heterocycles. The number of rotatable bonds is 3. The maximum Gasteiger partial charge on any atom is 0.322 e. The fourth-order valence-corrected chi connectivity index (χ4v) is 4.18. The van der Waals surface area contributed by atoms with E-state index in [2.05, 4.69) is 32.5 Å². The van der Waals surface area contributed by atoms with Crippen LogP contribution in [-0.2, 0) is 13.1 Å². The lowest BCUT2D eigenvalue weighted by molar-refractivity contribution is 0.0739. The Labute approximate surface area is 186 Å². The number of aromatic nitrogens is 2. The molecule has 5 rings (SSSR count). The van der Waals surface area contributed by atoms with Gasteiger partial charge in [0.2, 0.25) is 0 Å². The molecule has 0 atom stereocenters. The molecule has 0 aliphatic carbocycles. The summed E-state index contributed by atoms with van der Waals surface area (Å²) < 4.78 is 0. The van der Waals surface area contributed by atoms with Crippen LogP contribution in [0.15, 0.2) is 66.9 Å². The molecule has 1 aromatic heterocycles. The highest BCUT2D eigenvalue weighted by Crippen LogP contribution is 2.24. The van der Waals surface area contributed by atoms with E-state index in [0.717, 1.165) is 24.5 Å². The van der Waals surface area contributed by atoms with Gasteiger partial charge in [-0.1, -0.05) is 24.3 Å². The van der Waals surface area contributed by atoms with Gasteiger partial charge in [-0.15, -0.1) is 5.10 Å². The van der Waals surface area contributed by atoms with E-state index in [-0.39, 0.29) is 11.9 Å². The zero-order valence-electron chi connectivity index (χ0n) is 17.6. The number of hydrogen-bond donors (Lipinski definition) is 1. The van der Waals surface area contributed by atoms with E-state index in [1.807, 2.05) is 46.2 Å². The molecule has 8 nitrogen and oxygen atoms in total. The average molecular weight is 428 g/mol. The summed E-state index contributed by atoms with van der Waals surface area (Å²) in [6.45, 7) is 4.01. The average Bonchev–Trinajstić information content (AvgIpc) is 3.29. The van der Waals surface area contributed by atoms with Gasteiger partial charge in [-0.3, -0.25) is 4.79 Å². The summed E-state index contributed by atoms with van der Waals surface area (Å²) >= 11 is 0. The third-order valence-corrected chi connectivity index (χ3v) is 5.97. The van der Waals surface area contributed by atoms with E-state index < -0.39 is 0 Å². The highest BCUT2D eigenvalue weighted by molar-refractivity contribution is 5.92. The first-order chi connectivity index (χ1) is 15.7. The van der Waals surface area contributed by atoms with Crippen LogP contribution in [0, 0.1) is 0 Å². The van der Waals surface area contributed by atoms with E-state index in [1.165, 1.54) is 11.1 Å². The monoisotopic (exact) mass is 428 g/mol. The molecule has 0 unspecified atom stereocenters. The molecule has 1 saturated heterocycles. The van der Waals surface area contributed by atoms with Crippen LogP contribution in [0.2, 0.25) is 0 Å². The quantitative estimate of drug-likeness (QED) is 0.694. The van der Waals surface area contributed by atoms with Crippen LogP contribution in [0.4, 0.5) is 16.2 Å². The SMILES string of the molecule is O=C(Nc1ccc(N2CCN(C(=O)c3cccnn3)CC2)cc1)N1Cc2ccccc2C1. The van der Waals surface area contributed by atoms with Crippen molar-refractivity contribution < 1.29 is 9.59 Å². The second-order valence-corrected chi connectivity index (χ2v) is 7.99. The molecule has 2 aromatic carbocycles. The minimum Gasteiger partial charge on any atom is -0.368 e. The Hall–Kier alpha value is -3.94. The number of carbonyl (C=O) groups is 2. The predicted octanol–water partition coefficient (Wildman–Crippen LogP) is 2.99. The van der Waals surface area contributed by atoms with Gasteiger partial charge in [-0.25, -0.2) is 4.79 Å². The van der Waals surface area contributed by atoms with Crippen LogP contribution in [0.5, 0.6) is 0 Å². The number of hydrogen-bond acceptors (Lipinski definition) is 5. The Balaban J connectivity index is 1.15. The van der Waals surface area contributed by atoms with Crippen molar-refractivity contribution >= 4 is 23.3 Å². The van der Waals surface area contributed by atoms with E-state index in [0.29, 0.717) is 31.9 Å². The van der Waals surface area contributed by atoms with Crippen LogP contribution in [0.1, 0.15) is 21.6 Å². The minimum atomic E-state index is -0.0925. The molecule has 0 saturated carbocycles. The van der Waals surface area contributed by atoms with Gasteiger partial charge >= 0.3 is 6.03 Å². The molecule has 2 aliphatic heterocycles. The van der Waals surface area contributed by atoms with Gasteiger partial charge in [0.1, 0.15) is 0 Å². The first kappa shape index (κ1) is 20.0. The molecular weight excluding hydrogens is 404 g/mol. The maximum absolute atomic E-state index is 12.6. The predicted molar refractivity (Wildman–Crippen MR) is 121 cm³/mol. The third kappa shape index (κ3) is 4.12. The molecule has 8 heteroatoms. The van der Waals surface area contributed by atoms with Gasteiger partial charge in [-0.2, -0.15) is 5.10 Å². The summed E-state index contributed by atoms with van der Waals surface area (Å²) in [6.07, 6.45) is 1.56.